The molecular weight excluding hydrogens is 462 g/mol. The molecule has 4 rings (SSSR count). The van der Waals surface area contributed by atoms with Gasteiger partial charge in [0.15, 0.2) is 0 Å². The van der Waals surface area contributed by atoms with Gasteiger partial charge in [-0.3, -0.25) is 0 Å². The first-order chi connectivity index (χ1) is 15.7. The van der Waals surface area contributed by atoms with Gasteiger partial charge in [-0.05, 0) is 66.8 Å². The number of nitrogens with one attached hydrogen (secondary N) is 2. The van der Waals surface area contributed by atoms with Crippen LogP contribution in [0.15, 0.2) is 75.7 Å². The minimum Gasteiger partial charge on any atom is -0.494 e. The van der Waals surface area contributed by atoms with E-state index in [1.54, 1.807) is 7.11 Å². The van der Waals surface area contributed by atoms with E-state index in [1.807, 2.05) is 24.4 Å². The van der Waals surface area contributed by atoms with Crippen molar-refractivity contribution in [2.75, 3.05) is 7.11 Å². The number of aryl methyl sites for hydroxylation is 1. The largest absolute Gasteiger partial charge is 0.494 e. The third kappa shape index (κ3) is 5.52. The fourth-order valence-corrected chi connectivity index (χ4v) is 4.26. The zero-order chi connectivity index (χ0) is 22.3. The van der Waals surface area contributed by atoms with Crippen LogP contribution in [-0.2, 0) is 17.6 Å². The number of aliphatic imine (C=N–C) groups is 1. The molecule has 0 radical (unpaired) electrons. The fourth-order valence-electron chi connectivity index (χ4n) is 4.00. The van der Waals surface area contributed by atoms with E-state index in [4.69, 9.17) is 9.73 Å². The minimum absolute atomic E-state index is 0.781. The van der Waals surface area contributed by atoms with E-state index < -0.39 is 0 Å². The molecule has 0 saturated carbocycles. The van der Waals surface area contributed by atoms with Crippen molar-refractivity contribution in [1.82, 2.24) is 9.97 Å². The number of hydrogen-bond donors (Lipinski definition) is 2. The Labute approximate surface area is 198 Å². The van der Waals surface area contributed by atoms with E-state index in [0.29, 0.717) is 0 Å². The number of allylic oxidation sites excluding steroid dienone is 1. The normalized spacial score (nSPS) is 14.7. The second-order valence-corrected chi connectivity index (χ2v) is 9.09. The third-order valence-electron chi connectivity index (χ3n) is 5.73. The van der Waals surface area contributed by atoms with Gasteiger partial charge >= 0.3 is 0 Å². The first kappa shape index (κ1) is 22.4. The van der Waals surface area contributed by atoms with Gasteiger partial charge in [0.1, 0.15) is 11.5 Å². The molecule has 2 aromatic heterocycles. The Morgan fingerprint density at radius 1 is 1.09 bits per heavy atom. The highest BCUT2D eigenvalue weighted by atomic mass is 79.9. The van der Waals surface area contributed by atoms with Gasteiger partial charge in [-0.1, -0.05) is 54.2 Å². The average molecular weight is 492 g/mol. The summed E-state index contributed by atoms with van der Waals surface area (Å²) in [6.45, 7) is 2.25. The molecule has 1 aliphatic heterocycles. The summed E-state index contributed by atoms with van der Waals surface area (Å²) in [4.78, 5) is 11.7. The van der Waals surface area contributed by atoms with E-state index in [1.165, 1.54) is 42.5 Å². The fraction of sp³-hybridized carbons (Fsp3) is 0.296. The van der Waals surface area contributed by atoms with E-state index >= 15 is 0 Å². The molecule has 0 saturated heterocycles. The molecule has 0 atom stereocenters. The number of hydrogen-bond acceptors (Lipinski definition) is 2. The van der Waals surface area contributed by atoms with Gasteiger partial charge < -0.3 is 14.7 Å². The Morgan fingerprint density at radius 2 is 1.94 bits per heavy atom. The predicted molar refractivity (Wildman–Crippen MR) is 136 cm³/mol. The van der Waals surface area contributed by atoms with Crippen LogP contribution in [-0.4, -0.2) is 22.8 Å². The Kier molecular flexibility index (Phi) is 7.48. The third-order valence-corrected chi connectivity index (χ3v) is 6.26. The van der Waals surface area contributed by atoms with Crippen LogP contribution in [0.2, 0.25) is 0 Å². The molecule has 2 N–H and O–H groups in total. The zero-order valence-corrected chi connectivity index (χ0v) is 20.3. The smallest absolute Gasteiger partial charge is 0.146 e. The van der Waals surface area contributed by atoms with Crippen LogP contribution >= 0.6 is 15.9 Å². The number of methoxy groups -OCH3 is 1. The summed E-state index contributed by atoms with van der Waals surface area (Å²) in [7, 11) is 1.70. The molecule has 32 heavy (non-hydrogen) atoms. The number of benzene rings is 1. The van der Waals surface area contributed by atoms with Gasteiger partial charge in [-0.15, -0.1) is 0 Å². The second-order valence-electron chi connectivity index (χ2n) is 8.17. The summed E-state index contributed by atoms with van der Waals surface area (Å²) in [5.74, 6) is 0.781. The lowest BCUT2D eigenvalue weighted by atomic mass is 10.0. The van der Waals surface area contributed by atoms with E-state index in [9.17, 15) is 0 Å². The number of aromatic amines is 2. The summed E-state index contributed by atoms with van der Waals surface area (Å²) >= 11 is 3.53. The maximum Gasteiger partial charge on any atom is 0.146 e. The molecule has 0 amide bonds. The summed E-state index contributed by atoms with van der Waals surface area (Å²) < 4.78 is 6.74. The van der Waals surface area contributed by atoms with Crippen molar-refractivity contribution in [2.45, 2.75) is 45.4 Å². The molecule has 5 heteroatoms. The molecule has 0 bridgehead atoms. The molecular formula is C27H30BrN3O. The maximum atomic E-state index is 5.64. The highest BCUT2D eigenvalue weighted by Crippen LogP contribution is 2.27. The number of aromatic nitrogens is 2. The van der Waals surface area contributed by atoms with E-state index in [-0.39, 0.29) is 0 Å². The van der Waals surface area contributed by atoms with Crippen molar-refractivity contribution in [3.05, 3.63) is 98.9 Å². The lowest BCUT2D eigenvalue weighted by molar-refractivity contribution is 0.303. The van der Waals surface area contributed by atoms with Gasteiger partial charge in [0.25, 0.3) is 0 Å². The molecule has 0 fully saturated rings. The average Bonchev–Trinajstić information content (AvgIpc) is 3.54. The molecule has 4 nitrogen and oxygen atoms in total. The van der Waals surface area contributed by atoms with Crippen molar-refractivity contribution in [1.29, 1.82) is 0 Å². The lowest BCUT2D eigenvalue weighted by Gasteiger charge is -2.04. The summed E-state index contributed by atoms with van der Waals surface area (Å²) in [6.07, 6.45) is 13.0. The minimum atomic E-state index is 0.781. The molecule has 0 aliphatic carbocycles. The van der Waals surface area contributed by atoms with Crippen molar-refractivity contribution >= 4 is 27.7 Å². The number of rotatable bonds is 10. The van der Waals surface area contributed by atoms with Crippen LogP contribution in [0.5, 0.6) is 0 Å². The van der Waals surface area contributed by atoms with Gasteiger partial charge in [0, 0.05) is 28.1 Å². The van der Waals surface area contributed by atoms with Gasteiger partial charge in [-0.2, -0.15) is 0 Å². The van der Waals surface area contributed by atoms with Crippen LogP contribution in [0.3, 0.4) is 0 Å². The van der Waals surface area contributed by atoms with Crippen molar-refractivity contribution < 1.29 is 4.74 Å². The summed E-state index contributed by atoms with van der Waals surface area (Å²) in [5.41, 5.74) is 7.68. The quantitative estimate of drug-likeness (QED) is 0.289. The van der Waals surface area contributed by atoms with E-state index in [0.717, 1.165) is 45.9 Å². The van der Waals surface area contributed by atoms with Crippen LogP contribution in [0.4, 0.5) is 0 Å². The van der Waals surface area contributed by atoms with Crippen LogP contribution in [0, 0.1) is 0 Å². The highest BCUT2D eigenvalue weighted by Gasteiger charge is 2.18. The molecule has 1 aromatic carbocycles. The molecule has 3 aromatic rings. The topological polar surface area (TPSA) is 53.2 Å². The summed E-state index contributed by atoms with van der Waals surface area (Å²) in [6, 6.07) is 14.9. The molecule has 3 heterocycles. The predicted octanol–water partition coefficient (Wildman–Crippen LogP) is 7.19. The van der Waals surface area contributed by atoms with E-state index in [2.05, 4.69) is 69.2 Å². The number of halogens is 1. The number of unbranched alkanes of at least 4 members (excludes halogenated alkanes) is 3. The number of H-pyrrole nitrogens is 2. The summed E-state index contributed by atoms with van der Waals surface area (Å²) in [5, 5.41) is 0. The van der Waals surface area contributed by atoms with Crippen LogP contribution in [0.1, 0.15) is 60.8 Å². The van der Waals surface area contributed by atoms with Gasteiger partial charge in [0.05, 0.1) is 18.5 Å². The zero-order valence-electron chi connectivity index (χ0n) is 18.7. The number of ether oxygens (including phenoxy) is 1. The van der Waals surface area contributed by atoms with Crippen molar-refractivity contribution in [3.8, 4) is 0 Å². The van der Waals surface area contributed by atoms with Crippen LogP contribution in [0.25, 0.3) is 6.08 Å². The monoisotopic (exact) mass is 491 g/mol. The highest BCUT2D eigenvalue weighted by molar-refractivity contribution is 9.10. The molecule has 1 aliphatic rings. The standard InChI is InChI=1S/C27H30BrN3O/c1-3-4-5-6-8-22-16-20(15-19-10-12-21(28)13-11-19)24(30-22)17-26-27(32-2)18-25(31-26)23-9-7-14-29-23/h7,9-14,16-18,29-30H,3-6,8,15H2,1-2H3/b26-17-. The second kappa shape index (κ2) is 10.7. The Balaban J connectivity index is 1.64. The van der Waals surface area contributed by atoms with Crippen LogP contribution < -0.4 is 0 Å². The van der Waals surface area contributed by atoms with Gasteiger partial charge in [0.2, 0.25) is 0 Å². The molecule has 0 spiro atoms. The number of nitrogens with zero attached hydrogens (tertiary/aromatic N) is 1. The lowest BCUT2D eigenvalue weighted by Crippen LogP contribution is -1.93. The SMILES string of the molecule is CCCCCCc1cc(Cc2ccc(Br)cc2)c(/C=C2\N=C(c3ccc[nH]3)C=C2OC)[nH]1. The first-order valence-corrected chi connectivity index (χ1v) is 12.1. The molecule has 166 valence electrons. The Morgan fingerprint density at radius 3 is 2.66 bits per heavy atom. The maximum absolute atomic E-state index is 5.64. The van der Waals surface area contributed by atoms with Crippen molar-refractivity contribution in [3.63, 3.8) is 0 Å². The first-order valence-electron chi connectivity index (χ1n) is 11.3. The molecule has 0 unspecified atom stereocenters. The Hall–Kier alpha value is -2.79. The van der Waals surface area contributed by atoms with Crippen molar-refractivity contribution in [2.24, 2.45) is 4.99 Å². The Bertz CT molecular complexity index is 1120. The van der Waals surface area contributed by atoms with Gasteiger partial charge in [-0.25, -0.2) is 4.99 Å².